The molecular formula is C14H17BrN2O2. The largest absolute Gasteiger partial charge is 0.382 e. The standard InChI is InChI=1S/C14H17BrN2O2/c1-3-9(2)16-14(18)13-8-12(17-19-13)10-5-4-6-11(15)7-10/h4-7,9,13H,3,8H2,1-2H3,(H,16,18). The van der Waals surface area contributed by atoms with Gasteiger partial charge in [-0.15, -0.1) is 0 Å². The van der Waals surface area contributed by atoms with E-state index in [4.69, 9.17) is 4.84 Å². The van der Waals surface area contributed by atoms with Crippen LogP contribution in [-0.2, 0) is 9.63 Å². The molecule has 19 heavy (non-hydrogen) atoms. The maximum atomic E-state index is 11.9. The predicted molar refractivity (Wildman–Crippen MR) is 78.1 cm³/mol. The minimum absolute atomic E-state index is 0.0944. The average Bonchev–Trinajstić information content (AvgIpc) is 2.88. The topological polar surface area (TPSA) is 50.7 Å². The maximum Gasteiger partial charge on any atom is 0.264 e. The Morgan fingerprint density at radius 3 is 3.11 bits per heavy atom. The van der Waals surface area contributed by atoms with Crippen LogP contribution in [0.15, 0.2) is 33.9 Å². The van der Waals surface area contributed by atoms with Crippen LogP contribution in [0.4, 0.5) is 0 Å². The van der Waals surface area contributed by atoms with Crippen molar-refractivity contribution >= 4 is 27.5 Å². The summed E-state index contributed by atoms with van der Waals surface area (Å²) in [7, 11) is 0. The van der Waals surface area contributed by atoms with Crippen LogP contribution < -0.4 is 5.32 Å². The first-order valence-electron chi connectivity index (χ1n) is 6.39. The van der Waals surface area contributed by atoms with Crippen LogP contribution in [0.25, 0.3) is 0 Å². The summed E-state index contributed by atoms with van der Waals surface area (Å²) >= 11 is 3.42. The van der Waals surface area contributed by atoms with Gasteiger partial charge in [-0.2, -0.15) is 0 Å². The summed E-state index contributed by atoms with van der Waals surface area (Å²) in [6.07, 6.45) is 0.902. The van der Waals surface area contributed by atoms with Gasteiger partial charge in [0, 0.05) is 22.5 Å². The number of rotatable bonds is 4. The number of oxime groups is 1. The predicted octanol–water partition coefficient (Wildman–Crippen LogP) is 2.86. The molecule has 0 aliphatic carbocycles. The molecule has 1 N–H and O–H groups in total. The monoisotopic (exact) mass is 324 g/mol. The quantitative estimate of drug-likeness (QED) is 0.925. The molecule has 0 saturated carbocycles. The summed E-state index contributed by atoms with van der Waals surface area (Å²) in [6.45, 7) is 4.01. The SMILES string of the molecule is CCC(C)NC(=O)C1CC(c2cccc(Br)c2)=NO1. The second kappa shape index (κ2) is 6.19. The third-order valence-electron chi connectivity index (χ3n) is 3.12. The molecule has 1 amide bonds. The Kier molecular flexibility index (Phi) is 4.58. The third-order valence-corrected chi connectivity index (χ3v) is 3.61. The van der Waals surface area contributed by atoms with Crippen LogP contribution in [-0.4, -0.2) is 23.8 Å². The van der Waals surface area contributed by atoms with Gasteiger partial charge >= 0.3 is 0 Å². The molecule has 1 aromatic carbocycles. The number of halogens is 1. The molecule has 0 fully saturated rings. The van der Waals surface area contributed by atoms with Crippen molar-refractivity contribution in [1.82, 2.24) is 5.32 Å². The number of carbonyl (C=O) groups excluding carboxylic acids is 1. The molecule has 5 heteroatoms. The number of nitrogens with zero attached hydrogens (tertiary/aromatic N) is 1. The summed E-state index contributed by atoms with van der Waals surface area (Å²) < 4.78 is 0.986. The van der Waals surface area contributed by atoms with Gasteiger partial charge in [-0.3, -0.25) is 4.79 Å². The lowest BCUT2D eigenvalue weighted by Crippen LogP contribution is -2.39. The minimum atomic E-state index is -0.511. The molecule has 0 aromatic heterocycles. The van der Waals surface area contributed by atoms with Crippen LogP contribution >= 0.6 is 15.9 Å². The fraction of sp³-hybridized carbons (Fsp3) is 0.429. The molecule has 0 radical (unpaired) electrons. The van der Waals surface area contributed by atoms with Gasteiger partial charge in [-0.25, -0.2) is 0 Å². The van der Waals surface area contributed by atoms with E-state index in [2.05, 4.69) is 26.4 Å². The first-order chi connectivity index (χ1) is 9.10. The molecular weight excluding hydrogens is 308 g/mol. The summed E-state index contributed by atoms with van der Waals surface area (Å²) in [5.41, 5.74) is 1.79. The van der Waals surface area contributed by atoms with Crippen molar-refractivity contribution in [2.75, 3.05) is 0 Å². The van der Waals surface area contributed by atoms with Crippen molar-refractivity contribution < 1.29 is 9.63 Å². The first kappa shape index (κ1) is 14.1. The van der Waals surface area contributed by atoms with Crippen LogP contribution in [0.1, 0.15) is 32.3 Å². The fourth-order valence-corrected chi connectivity index (χ4v) is 2.19. The minimum Gasteiger partial charge on any atom is -0.382 e. The highest BCUT2D eigenvalue weighted by Gasteiger charge is 2.29. The summed E-state index contributed by atoms with van der Waals surface area (Å²) in [5, 5.41) is 6.93. The van der Waals surface area contributed by atoms with Gasteiger partial charge in [0.15, 0.2) is 0 Å². The molecule has 1 aliphatic rings. The van der Waals surface area contributed by atoms with Crippen LogP contribution in [0, 0.1) is 0 Å². The third kappa shape index (κ3) is 3.56. The van der Waals surface area contributed by atoms with Crippen molar-refractivity contribution in [2.24, 2.45) is 5.16 Å². The molecule has 1 aliphatic heterocycles. The highest BCUT2D eigenvalue weighted by molar-refractivity contribution is 9.10. The summed E-state index contributed by atoms with van der Waals surface area (Å²) in [5.74, 6) is -0.0944. The van der Waals surface area contributed by atoms with Crippen molar-refractivity contribution in [2.45, 2.75) is 38.8 Å². The van der Waals surface area contributed by atoms with Crippen molar-refractivity contribution in [3.05, 3.63) is 34.3 Å². The smallest absolute Gasteiger partial charge is 0.264 e. The zero-order valence-corrected chi connectivity index (χ0v) is 12.6. The van der Waals surface area contributed by atoms with Crippen molar-refractivity contribution in [3.8, 4) is 0 Å². The Balaban J connectivity index is 1.97. The van der Waals surface area contributed by atoms with E-state index in [1.54, 1.807) is 0 Å². The van der Waals surface area contributed by atoms with E-state index in [-0.39, 0.29) is 11.9 Å². The molecule has 4 nitrogen and oxygen atoms in total. The highest BCUT2D eigenvalue weighted by atomic mass is 79.9. The number of carbonyl (C=O) groups is 1. The van der Waals surface area contributed by atoms with Crippen LogP contribution in [0.3, 0.4) is 0 Å². The van der Waals surface area contributed by atoms with Crippen LogP contribution in [0.5, 0.6) is 0 Å². The zero-order valence-electron chi connectivity index (χ0n) is 11.0. The Bertz CT molecular complexity index is 502. The first-order valence-corrected chi connectivity index (χ1v) is 7.18. The number of benzene rings is 1. The van der Waals surface area contributed by atoms with Crippen molar-refractivity contribution in [3.63, 3.8) is 0 Å². The molecule has 1 aromatic rings. The molecule has 0 bridgehead atoms. The summed E-state index contributed by atoms with van der Waals surface area (Å²) in [4.78, 5) is 17.2. The van der Waals surface area contributed by atoms with Gasteiger partial charge in [-0.1, -0.05) is 40.1 Å². The fourth-order valence-electron chi connectivity index (χ4n) is 1.79. The Morgan fingerprint density at radius 2 is 2.42 bits per heavy atom. The van der Waals surface area contributed by atoms with Gasteiger partial charge in [0.2, 0.25) is 6.10 Å². The lowest BCUT2D eigenvalue weighted by molar-refractivity contribution is -0.131. The second-order valence-corrected chi connectivity index (χ2v) is 5.58. The van der Waals surface area contributed by atoms with E-state index in [0.29, 0.717) is 6.42 Å². The van der Waals surface area contributed by atoms with Gasteiger partial charge in [0.25, 0.3) is 5.91 Å². The molecule has 0 spiro atoms. The molecule has 102 valence electrons. The normalized spacial score (nSPS) is 19.5. The Morgan fingerprint density at radius 1 is 1.63 bits per heavy atom. The van der Waals surface area contributed by atoms with Crippen LogP contribution in [0.2, 0.25) is 0 Å². The second-order valence-electron chi connectivity index (χ2n) is 4.66. The van der Waals surface area contributed by atoms with E-state index in [9.17, 15) is 4.79 Å². The molecule has 0 saturated heterocycles. The van der Waals surface area contributed by atoms with Crippen molar-refractivity contribution in [1.29, 1.82) is 0 Å². The van der Waals surface area contributed by atoms with E-state index < -0.39 is 6.10 Å². The lowest BCUT2D eigenvalue weighted by Gasteiger charge is -2.14. The van der Waals surface area contributed by atoms with Gasteiger partial charge in [0.05, 0.1) is 5.71 Å². The van der Waals surface area contributed by atoms with E-state index >= 15 is 0 Å². The number of amides is 1. The van der Waals surface area contributed by atoms with E-state index in [0.717, 1.165) is 22.2 Å². The van der Waals surface area contributed by atoms with E-state index in [1.165, 1.54) is 0 Å². The lowest BCUT2D eigenvalue weighted by atomic mass is 10.0. The number of nitrogens with one attached hydrogen (secondary N) is 1. The maximum absolute atomic E-state index is 11.9. The Labute approximate surface area is 121 Å². The zero-order chi connectivity index (χ0) is 13.8. The summed E-state index contributed by atoms with van der Waals surface area (Å²) in [6, 6.07) is 7.98. The van der Waals surface area contributed by atoms with Gasteiger partial charge < -0.3 is 10.2 Å². The number of hydrogen-bond acceptors (Lipinski definition) is 3. The van der Waals surface area contributed by atoms with Gasteiger partial charge in [-0.05, 0) is 25.5 Å². The highest BCUT2D eigenvalue weighted by Crippen LogP contribution is 2.19. The Hall–Kier alpha value is -1.36. The number of hydrogen-bond donors (Lipinski definition) is 1. The molecule has 2 rings (SSSR count). The van der Waals surface area contributed by atoms with Gasteiger partial charge in [0.1, 0.15) is 0 Å². The molecule has 2 unspecified atom stereocenters. The molecule has 1 heterocycles. The molecule has 2 atom stereocenters. The average molecular weight is 325 g/mol. The van der Waals surface area contributed by atoms with E-state index in [1.807, 2.05) is 38.1 Å².